The molecular weight excluding hydrogens is 266 g/mol. The van der Waals surface area contributed by atoms with Gasteiger partial charge in [-0.1, -0.05) is 6.58 Å². The third-order valence-corrected chi connectivity index (χ3v) is 2.55. The Morgan fingerprint density at radius 2 is 2.19 bits per heavy atom. The predicted molar refractivity (Wildman–Crippen MR) is 86.7 cm³/mol. The van der Waals surface area contributed by atoms with Crippen LogP contribution in [-0.2, 0) is 4.79 Å². The molecule has 0 aliphatic heterocycles. The summed E-state index contributed by atoms with van der Waals surface area (Å²) in [7, 11) is 3.25. The van der Waals surface area contributed by atoms with Gasteiger partial charge < -0.3 is 5.32 Å². The van der Waals surface area contributed by atoms with Crippen molar-refractivity contribution in [1.82, 2.24) is 10.3 Å². The molecule has 108 valence electrons. The van der Waals surface area contributed by atoms with E-state index in [0.717, 1.165) is 0 Å². The maximum Gasteiger partial charge on any atom is 0.162 e. The zero-order valence-electron chi connectivity index (χ0n) is 12.1. The van der Waals surface area contributed by atoms with Gasteiger partial charge in [0.15, 0.2) is 12.1 Å². The Labute approximate surface area is 123 Å². The molecule has 0 atom stereocenters. The van der Waals surface area contributed by atoms with Crippen LogP contribution in [0, 0.1) is 0 Å². The van der Waals surface area contributed by atoms with E-state index in [1.165, 1.54) is 0 Å². The Morgan fingerprint density at radius 3 is 2.76 bits per heavy atom. The van der Waals surface area contributed by atoms with Gasteiger partial charge in [0.25, 0.3) is 0 Å². The summed E-state index contributed by atoms with van der Waals surface area (Å²) in [4.78, 5) is 26.9. The average Bonchev–Trinajstić information content (AvgIpc) is 2.54. The lowest BCUT2D eigenvalue weighted by Gasteiger charge is -2.13. The quantitative estimate of drug-likeness (QED) is 0.284. The second-order valence-corrected chi connectivity index (χ2v) is 3.86. The highest BCUT2D eigenvalue weighted by molar-refractivity contribution is 6.04. The number of hydrogen-bond acceptors (Lipinski definition) is 5. The minimum absolute atomic E-state index is 0.285. The number of pyridine rings is 1. The molecule has 0 fully saturated rings. The summed E-state index contributed by atoms with van der Waals surface area (Å²) in [6.45, 7) is 7.17. The van der Waals surface area contributed by atoms with E-state index in [4.69, 9.17) is 0 Å². The molecule has 0 spiro atoms. The average molecular weight is 283 g/mol. The van der Waals surface area contributed by atoms with Gasteiger partial charge in [-0.05, 0) is 24.9 Å². The summed E-state index contributed by atoms with van der Waals surface area (Å²) in [5.41, 5.74) is 1.45. The molecule has 0 aromatic carbocycles. The van der Waals surface area contributed by atoms with Gasteiger partial charge in [-0.15, -0.1) is 0 Å². The van der Waals surface area contributed by atoms with Crippen molar-refractivity contribution in [2.75, 3.05) is 14.1 Å². The molecule has 0 radical (unpaired) electrons. The first-order valence-corrected chi connectivity index (χ1v) is 6.10. The molecule has 1 N–H and O–H groups in total. The van der Waals surface area contributed by atoms with E-state index < -0.39 is 0 Å². The van der Waals surface area contributed by atoms with E-state index in [2.05, 4.69) is 38.6 Å². The van der Waals surface area contributed by atoms with E-state index in [0.29, 0.717) is 29.2 Å². The minimum Gasteiger partial charge on any atom is -0.339 e. The number of allylic oxidation sites excluding steroid dienone is 2. The zero-order chi connectivity index (χ0) is 15.7. The molecule has 0 unspecified atom stereocenters. The zero-order valence-corrected chi connectivity index (χ0v) is 12.1. The molecule has 21 heavy (non-hydrogen) atoms. The molecule has 6 heteroatoms. The SMILES string of the molecule is C=Nc1ncccc1C(=NC)N/C(=C/C=NC)C(=C)C=O. The first-order chi connectivity index (χ1) is 10.2. The fraction of sp³-hybridized carbons (Fsp3) is 0.133. The van der Waals surface area contributed by atoms with Crippen LogP contribution in [0.5, 0.6) is 0 Å². The van der Waals surface area contributed by atoms with Crippen molar-refractivity contribution in [2.24, 2.45) is 15.0 Å². The van der Waals surface area contributed by atoms with E-state index in [1.807, 2.05) is 6.07 Å². The molecule has 1 rings (SSSR count). The first kappa shape index (κ1) is 16.2. The Hall–Kier alpha value is -2.89. The number of nitrogens with one attached hydrogen (secondary N) is 1. The topological polar surface area (TPSA) is 79.1 Å². The molecule has 0 aliphatic rings. The van der Waals surface area contributed by atoms with Gasteiger partial charge in [-0.3, -0.25) is 14.8 Å². The summed E-state index contributed by atoms with van der Waals surface area (Å²) in [5, 5.41) is 3.04. The van der Waals surface area contributed by atoms with Gasteiger partial charge in [0.05, 0.1) is 11.3 Å². The van der Waals surface area contributed by atoms with Crippen molar-refractivity contribution in [1.29, 1.82) is 0 Å². The maximum absolute atomic E-state index is 10.9. The lowest BCUT2D eigenvalue weighted by atomic mass is 10.2. The highest BCUT2D eigenvalue weighted by Gasteiger charge is 2.11. The largest absolute Gasteiger partial charge is 0.339 e. The Balaban J connectivity index is 3.19. The van der Waals surface area contributed by atoms with Crippen LogP contribution >= 0.6 is 0 Å². The highest BCUT2D eigenvalue weighted by Crippen LogP contribution is 2.15. The van der Waals surface area contributed by atoms with Gasteiger partial charge in [-0.25, -0.2) is 9.98 Å². The van der Waals surface area contributed by atoms with Gasteiger partial charge in [0, 0.05) is 32.1 Å². The highest BCUT2D eigenvalue weighted by atomic mass is 16.1. The molecule has 0 bridgehead atoms. The number of aliphatic imine (C=N–C) groups is 3. The molecule has 0 aliphatic carbocycles. The van der Waals surface area contributed by atoms with Crippen molar-refractivity contribution in [3.63, 3.8) is 0 Å². The second kappa shape index (κ2) is 8.31. The number of amidine groups is 1. The third kappa shape index (κ3) is 4.31. The maximum atomic E-state index is 10.9. The standard InChI is InChI=1S/C15H17N5O/c1-11(10-21)13(7-9-16-2)20-15(18-4)12-6-5-8-19-14(12)17-3/h5-10H,1,3H2,2,4H3,(H,18,20)/b13-7+,16-9?. The lowest BCUT2D eigenvalue weighted by Crippen LogP contribution is -2.25. The Kier molecular flexibility index (Phi) is 6.40. The Morgan fingerprint density at radius 1 is 1.43 bits per heavy atom. The molecule has 1 aromatic heterocycles. The van der Waals surface area contributed by atoms with Crippen molar-refractivity contribution in [3.8, 4) is 0 Å². The van der Waals surface area contributed by atoms with E-state index in [1.54, 1.807) is 38.6 Å². The van der Waals surface area contributed by atoms with Gasteiger partial charge >= 0.3 is 0 Å². The lowest BCUT2D eigenvalue weighted by molar-refractivity contribution is -0.104. The van der Waals surface area contributed by atoms with Crippen LogP contribution in [-0.4, -0.2) is 44.1 Å². The van der Waals surface area contributed by atoms with Crippen molar-refractivity contribution in [3.05, 3.63) is 47.8 Å². The minimum atomic E-state index is 0.285. The normalized spacial score (nSPS) is 12.3. The van der Waals surface area contributed by atoms with Crippen LogP contribution < -0.4 is 5.32 Å². The summed E-state index contributed by atoms with van der Waals surface area (Å²) >= 11 is 0. The number of carbonyl (C=O) groups is 1. The second-order valence-electron chi connectivity index (χ2n) is 3.86. The van der Waals surface area contributed by atoms with Crippen LogP contribution in [0.2, 0.25) is 0 Å². The number of aldehydes is 1. The number of aromatic nitrogens is 1. The van der Waals surface area contributed by atoms with Crippen molar-refractivity contribution in [2.45, 2.75) is 0 Å². The predicted octanol–water partition coefficient (Wildman–Crippen LogP) is 1.72. The number of rotatable bonds is 6. The molecule has 6 nitrogen and oxygen atoms in total. The molecule has 0 saturated carbocycles. The van der Waals surface area contributed by atoms with E-state index in [9.17, 15) is 4.79 Å². The summed E-state index contributed by atoms with van der Waals surface area (Å²) in [5.74, 6) is 0.954. The summed E-state index contributed by atoms with van der Waals surface area (Å²) < 4.78 is 0. The first-order valence-electron chi connectivity index (χ1n) is 6.10. The fourth-order valence-electron chi connectivity index (χ4n) is 1.52. The number of nitrogens with zero attached hydrogens (tertiary/aromatic N) is 4. The van der Waals surface area contributed by atoms with E-state index in [-0.39, 0.29) is 5.57 Å². The smallest absolute Gasteiger partial charge is 0.162 e. The van der Waals surface area contributed by atoms with Crippen molar-refractivity contribution < 1.29 is 4.79 Å². The van der Waals surface area contributed by atoms with Crippen LogP contribution in [0.3, 0.4) is 0 Å². The number of hydrogen-bond donors (Lipinski definition) is 1. The van der Waals surface area contributed by atoms with E-state index >= 15 is 0 Å². The fourth-order valence-corrected chi connectivity index (χ4v) is 1.52. The van der Waals surface area contributed by atoms with Gasteiger partial charge in [0.1, 0.15) is 5.84 Å². The summed E-state index contributed by atoms with van der Waals surface area (Å²) in [6.07, 6.45) is 5.47. The van der Waals surface area contributed by atoms with Crippen LogP contribution in [0.15, 0.2) is 57.2 Å². The van der Waals surface area contributed by atoms with Gasteiger partial charge in [-0.2, -0.15) is 0 Å². The monoisotopic (exact) mass is 283 g/mol. The molecule has 0 amide bonds. The summed E-state index contributed by atoms with van der Waals surface area (Å²) in [6, 6.07) is 3.57. The molecule has 1 aromatic rings. The molecular formula is C15H17N5O. The third-order valence-electron chi connectivity index (χ3n) is 2.55. The van der Waals surface area contributed by atoms with Crippen LogP contribution in [0.4, 0.5) is 5.82 Å². The van der Waals surface area contributed by atoms with Crippen molar-refractivity contribution >= 4 is 30.9 Å². The molecule has 0 saturated heterocycles. The number of carbonyl (C=O) groups excluding carboxylic acids is 1. The van der Waals surface area contributed by atoms with Crippen LogP contribution in [0.1, 0.15) is 5.56 Å². The van der Waals surface area contributed by atoms with Gasteiger partial charge in [0.2, 0.25) is 0 Å². The Bertz CT molecular complexity index is 629. The molecule has 1 heterocycles. The van der Waals surface area contributed by atoms with Crippen LogP contribution in [0.25, 0.3) is 0 Å².